The van der Waals surface area contributed by atoms with Gasteiger partial charge in [0.05, 0.1) is 6.61 Å². The Balaban J connectivity index is 1.82. The van der Waals surface area contributed by atoms with Crippen LogP contribution >= 0.6 is 0 Å². The molecule has 2 rings (SSSR count). The van der Waals surface area contributed by atoms with Gasteiger partial charge >= 0.3 is 0 Å². The Morgan fingerprint density at radius 3 is 2.38 bits per heavy atom. The van der Waals surface area contributed by atoms with Crippen LogP contribution < -0.4 is 14.8 Å². The van der Waals surface area contributed by atoms with Crippen molar-refractivity contribution < 1.29 is 9.47 Å². The molecular weight excluding hydrogens is 298 g/mol. The van der Waals surface area contributed by atoms with E-state index in [4.69, 9.17) is 9.47 Å². The summed E-state index contributed by atoms with van der Waals surface area (Å²) in [5.41, 5.74) is 3.57. The Bertz CT molecular complexity index is 620. The summed E-state index contributed by atoms with van der Waals surface area (Å²) in [6.07, 6.45) is 1.02. The fourth-order valence-electron chi connectivity index (χ4n) is 2.49. The molecule has 0 saturated heterocycles. The van der Waals surface area contributed by atoms with E-state index in [-0.39, 0.29) is 0 Å². The lowest BCUT2D eigenvalue weighted by molar-refractivity contribution is 0.317. The van der Waals surface area contributed by atoms with E-state index in [9.17, 15) is 0 Å². The summed E-state index contributed by atoms with van der Waals surface area (Å²) < 4.78 is 11.6. The minimum Gasteiger partial charge on any atom is -0.494 e. The summed E-state index contributed by atoms with van der Waals surface area (Å²) in [7, 11) is 0. The molecule has 0 heterocycles. The molecule has 3 heteroatoms. The van der Waals surface area contributed by atoms with Crippen LogP contribution in [0.2, 0.25) is 0 Å². The van der Waals surface area contributed by atoms with Gasteiger partial charge in [-0.1, -0.05) is 32.9 Å². The first-order valence-electron chi connectivity index (χ1n) is 8.80. The molecule has 0 aliphatic heterocycles. The molecule has 0 amide bonds. The van der Waals surface area contributed by atoms with Crippen molar-refractivity contribution in [2.75, 3.05) is 25.1 Å². The predicted octanol–water partition coefficient (Wildman–Crippen LogP) is 5.40. The van der Waals surface area contributed by atoms with Crippen LogP contribution in [0.1, 0.15) is 44.2 Å². The maximum Gasteiger partial charge on any atom is 0.123 e. The van der Waals surface area contributed by atoms with Crippen molar-refractivity contribution in [2.45, 2.75) is 40.0 Å². The zero-order chi connectivity index (χ0) is 17.4. The summed E-state index contributed by atoms with van der Waals surface area (Å²) >= 11 is 0. The standard InChI is InChI=1S/C21H29NO2/c1-5-13-23-19-9-7-18(8-10-19)22-12-14-24-21-15-17(4)6-11-20(21)16(2)3/h6-11,15-16,22H,5,12-14H2,1-4H3. The number of ether oxygens (including phenoxy) is 2. The third-order valence-electron chi connectivity index (χ3n) is 3.81. The van der Waals surface area contributed by atoms with Crippen molar-refractivity contribution in [3.63, 3.8) is 0 Å². The number of nitrogens with one attached hydrogen (secondary N) is 1. The molecule has 3 nitrogen and oxygen atoms in total. The smallest absolute Gasteiger partial charge is 0.123 e. The molecule has 24 heavy (non-hydrogen) atoms. The van der Waals surface area contributed by atoms with E-state index in [0.717, 1.165) is 36.8 Å². The maximum atomic E-state index is 5.99. The van der Waals surface area contributed by atoms with E-state index in [1.165, 1.54) is 11.1 Å². The molecule has 0 spiro atoms. The van der Waals surface area contributed by atoms with Gasteiger partial charge < -0.3 is 14.8 Å². The molecule has 0 fully saturated rings. The van der Waals surface area contributed by atoms with Crippen molar-refractivity contribution in [1.82, 2.24) is 0 Å². The minimum absolute atomic E-state index is 0.462. The fraction of sp³-hybridized carbons (Fsp3) is 0.429. The first-order valence-corrected chi connectivity index (χ1v) is 8.80. The Morgan fingerprint density at radius 1 is 0.958 bits per heavy atom. The monoisotopic (exact) mass is 327 g/mol. The van der Waals surface area contributed by atoms with Crippen LogP contribution in [0.15, 0.2) is 42.5 Å². The summed E-state index contributed by atoms with van der Waals surface area (Å²) in [4.78, 5) is 0. The molecule has 130 valence electrons. The van der Waals surface area contributed by atoms with Crippen molar-refractivity contribution >= 4 is 5.69 Å². The van der Waals surface area contributed by atoms with Crippen LogP contribution in [0.25, 0.3) is 0 Å². The van der Waals surface area contributed by atoms with Gasteiger partial charge in [-0.05, 0) is 60.7 Å². The van der Waals surface area contributed by atoms with Gasteiger partial charge in [0.25, 0.3) is 0 Å². The van der Waals surface area contributed by atoms with Crippen LogP contribution in [0.3, 0.4) is 0 Å². The average molecular weight is 327 g/mol. The molecule has 0 atom stereocenters. The van der Waals surface area contributed by atoms with Gasteiger partial charge in [0.2, 0.25) is 0 Å². The highest BCUT2D eigenvalue weighted by molar-refractivity contribution is 5.46. The summed E-state index contributed by atoms with van der Waals surface area (Å²) in [5.74, 6) is 2.37. The van der Waals surface area contributed by atoms with Gasteiger partial charge in [-0.15, -0.1) is 0 Å². The van der Waals surface area contributed by atoms with Crippen LogP contribution in [-0.2, 0) is 0 Å². The van der Waals surface area contributed by atoms with Crippen molar-refractivity contribution in [3.05, 3.63) is 53.6 Å². The number of aryl methyl sites for hydroxylation is 1. The van der Waals surface area contributed by atoms with Crippen molar-refractivity contribution in [3.8, 4) is 11.5 Å². The third-order valence-corrected chi connectivity index (χ3v) is 3.81. The second kappa shape index (κ2) is 9.21. The molecule has 0 aliphatic rings. The van der Waals surface area contributed by atoms with Crippen LogP contribution in [0.5, 0.6) is 11.5 Å². The largest absolute Gasteiger partial charge is 0.494 e. The van der Waals surface area contributed by atoms with Crippen LogP contribution in [0.4, 0.5) is 5.69 Å². The Morgan fingerprint density at radius 2 is 1.71 bits per heavy atom. The predicted molar refractivity (Wildman–Crippen MR) is 101 cm³/mol. The lowest BCUT2D eigenvalue weighted by Gasteiger charge is -2.15. The first-order chi connectivity index (χ1) is 11.6. The zero-order valence-electron chi connectivity index (χ0n) is 15.3. The number of benzene rings is 2. The van der Waals surface area contributed by atoms with E-state index in [1.807, 2.05) is 24.3 Å². The molecule has 2 aromatic rings. The molecule has 0 aliphatic carbocycles. The van der Waals surface area contributed by atoms with E-state index in [2.05, 4.69) is 51.2 Å². The number of anilines is 1. The second-order valence-electron chi connectivity index (χ2n) is 6.34. The number of rotatable bonds is 9. The lowest BCUT2D eigenvalue weighted by atomic mass is 10.0. The first kappa shape index (κ1) is 18.2. The quantitative estimate of drug-likeness (QED) is 0.626. The summed E-state index contributed by atoms with van der Waals surface area (Å²) in [6.45, 7) is 10.7. The molecule has 1 N–H and O–H groups in total. The highest BCUT2D eigenvalue weighted by atomic mass is 16.5. The highest BCUT2D eigenvalue weighted by Crippen LogP contribution is 2.27. The Kier molecular flexibility index (Phi) is 6.98. The van der Waals surface area contributed by atoms with Crippen molar-refractivity contribution in [2.24, 2.45) is 0 Å². The minimum atomic E-state index is 0.462. The van der Waals surface area contributed by atoms with E-state index >= 15 is 0 Å². The molecule has 2 aromatic carbocycles. The average Bonchev–Trinajstić information content (AvgIpc) is 2.57. The summed E-state index contributed by atoms with van der Waals surface area (Å²) in [5, 5.41) is 3.38. The lowest BCUT2D eigenvalue weighted by Crippen LogP contribution is -2.12. The fourth-order valence-corrected chi connectivity index (χ4v) is 2.49. The van der Waals surface area contributed by atoms with E-state index in [1.54, 1.807) is 0 Å². The van der Waals surface area contributed by atoms with Gasteiger partial charge in [0.15, 0.2) is 0 Å². The topological polar surface area (TPSA) is 30.5 Å². The number of hydrogen-bond donors (Lipinski definition) is 1. The second-order valence-corrected chi connectivity index (χ2v) is 6.34. The van der Waals surface area contributed by atoms with Gasteiger partial charge in [0.1, 0.15) is 18.1 Å². The van der Waals surface area contributed by atoms with E-state index in [0.29, 0.717) is 12.5 Å². The van der Waals surface area contributed by atoms with Gasteiger partial charge in [-0.2, -0.15) is 0 Å². The molecule has 0 bridgehead atoms. The zero-order valence-corrected chi connectivity index (χ0v) is 15.3. The van der Waals surface area contributed by atoms with Gasteiger partial charge in [0, 0.05) is 12.2 Å². The SMILES string of the molecule is CCCOc1ccc(NCCOc2cc(C)ccc2C(C)C)cc1. The van der Waals surface area contributed by atoms with Crippen molar-refractivity contribution in [1.29, 1.82) is 0 Å². The third kappa shape index (κ3) is 5.48. The molecule has 0 radical (unpaired) electrons. The maximum absolute atomic E-state index is 5.99. The van der Waals surface area contributed by atoms with Crippen LogP contribution in [0, 0.1) is 6.92 Å². The van der Waals surface area contributed by atoms with E-state index < -0.39 is 0 Å². The highest BCUT2D eigenvalue weighted by Gasteiger charge is 2.07. The molecular formula is C21H29NO2. The van der Waals surface area contributed by atoms with Gasteiger partial charge in [-0.3, -0.25) is 0 Å². The molecule has 0 saturated carbocycles. The normalized spacial score (nSPS) is 10.7. The Labute approximate surface area is 146 Å². The van der Waals surface area contributed by atoms with Gasteiger partial charge in [-0.25, -0.2) is 0 Å². The number of hydrogen-bond acceptors (Lipinski definition) is 3. The molecule has 0 unspecified atom stereocenters. The Hall–Kier alpha value is -2.16. The van der Waals surface area contributed by atoms with Crippen LogP contribution in [-0.4, -0.2) is 19.8 Å². The summed E-state index contributed by atoms with van der Waals surface area (Å²) in [6, 6.07) is 14.5. The molecule has 0 aromatic heterocycles.